The van der Waals surface area contributed by atoms with Crippen molar-refractivity contribution < 1.29 is 18.0 Å². The smallest absolute Gasteiger partial charge is 0.353 e. The van der Waals surface area contributed by atoms with Crippen molar-refractivity contribution in [2.45, 2.75) is 65.6 Å². The Morgan fingerprint density at radius 2 is 1.84 bits per heavy atom. The summed E-state index contributed by atoms with van der Waals surface area (Å²) in [5, 5.41) is 6.45. The Morgan fingerprint density at radius 1 is 1.20 bits per heavy atom. The molecule has 0 radical (unpaired) electrons. The standard InChI is InChI=1S/C16H22F3N5O/c1-5-11(6-2)21-13(25)8-7-12-9(3)20-15-22-14(16(17,18)19)23-24(15)10(12)4/h11H,5-8H2,1-4H3,(H,21,25). The number of carbonyl (C=O) groups excluding carboxylic acids is 1. The lowest BCUT2D eigenvalue weighted by atomic mass is 10.1. The van der Waals surface area contributed by atoms with E-state index in [0.29, 0.717) is 23.4 Å². The first-order chi connectivity index (χ1) is 11.7. The summed E-state index contributed by atoms with van der Waals surface area (Å²) in [4.78, 5) is 19.6. The first-order valence-corrected chi connectivity index (χ1v) is 8.26. The number of aryl methyl sites for hydroxylation is 2. The van der Waals surface area contributed by atoms with E-state index in [1.165, 1.54) is 0 Å². The van der Waals surface area contributed by atoms with E-state index in [-0.39, 0.29) is 24.1 Å². The molecule has 0 saturated carbocycles. The van der Waals surface area contributed by atoms with Crippen LogP contribution in [0.15, 0.2) is 0 Å². The molecule has 0 unspecified atom stereocenters. The number of rotatable bonds is 6. The van der Waals surface area contributed by atoms with Crippen LogP contribution in [0.1, 0.15) is 55.9 Å². The summed E-state index contributed by atoms with van der Waals surface area (Å²) in [6.07, 6.45) is -2.29. The fourth-order valence-electron chi connectivity index (χ4n) is 2.72. The highest BCUT2D eigenvalue weighted by atomic mass is 19.4. The molecule has 0 aliphatic carbocycles. The average molecular weight is 357 g/mol. The quantitative estimate of drug-likeness (QED) is 0.863. The molecule has 138 valence electrons. The van der Waals surface area contributed by atoms with Gasteiger partial charge in [-0.15, -0.1) is 5.10 Å². The van der Waals surface area contributed by atoms with Crippen molar-refractivity contribution in [3.63, 3.8) is 0 Å². The molecule has 0 aromatic carbocycles. The van der Waals surface area contributed by atoms with Crippen molar-refractivity contribution in [1.29, 1.82) is 0 Å². The topological polar surface area (TPSA) is 72.2 Å². The van der Waals surface area contributed by atoms with Gasteiger partial charge >= 0.3 is 6.18 Å². The predicted molar refractivity (Wildman–Crippen MR) is 86.1 cm³/mol. The average Bonchev–Trinajstić information content (AvgIpc) is 2.96. The van der Waals surface area contributed by atoms with Crippen molar-refractivity contribution in [3.05, 3.63) is 22.8 Å². The van der Waals surface area contributed by atoms with Gasteiger partial charge in [0.2, 0.25) is 5.91 Å². The van der Waals surface area contributed by atoms with Crippen molar-refractivity contribution in [3.8, 4) is 0 Å². The highest BCUT2D eigenvalue weighted by Gasteiger charge is 2.36. The number of hydrogen-bond acceptors (Lipinski definition) is 4. The number of hydrogen-bond donors (Lipinski definition) is 1. The number of nitrogens with one attached hydrogen (secondary N) is 1. The molecule has 0 bridgehead atoms. The zero-order valence-electron chi connectivity index (χ0n) is 14.7. The van der Waals surface area contributed by atoms with Crippen LogP contribution in [0.2, 0.25) is 0 Å². The molecule has 2 aromatic rings. The summed E-state index contributed by atoms with van der Waals surface area (Å²) in [5.41, 5.74) is 1.79. The van der Waals surface area contributed by atoms with Gasteiger partial charge in [0.15, 0.2) is 0 Å². The maximum Gasteiger partial charge on any atom is 0.453 e. The van der Waals surface area contributed by atoms with E-state index in [4.69, 9.17) is 0 Å². The normalized spacial score (nSPS) is 12.2. The fraction of sp³-hybridized carbons (Fsp3) is 0.625. The number of nitrogens with zero attached hydrogens (tertiary/aromatic N) is 4. The molecule has 0 fully saturated rings. The third kappa shape index (κ3) is 4.26. The summed E-state index contributed by atoms with van der Waals surface area (Å²) in [6.45, 7) is 7.36. The Balaban J connectivity index is 2.22. The molecular weight excluding hydrogens is 335 g/mol. The molecular formula is C16H22F3N5O. The summed E-state index contributed by atoms with van der Waals surface area (Å²) in [5.74, 6) is -1.39. The summed E-state index contributed by atoms with van der Waals surface area (Å²) >= 11 is 0. The second kappa shape index (κ2) is 7.37. The van der Waals surface area contributed by atoms with Gasteiger partial charge in [-0.3, -0.25) is 4.79 Å². The van der Waals surface area contributed by atoms with Gasteiger partial charge in [0.1, 0.15) is 0 Å². The van der Waals surface area contributed by atoms with Crippen LogP contribution in [0.5, 0.6) is 0 Å². The highest BCUT2D eigenvalue weighted by Crippen LogP contribution is 2.27. The van der Waals surface area contributed by atoms with Crippen LogP contribution in [0, 0.1) is 13.8 Å². The lowest BCUT2D eigenvalue weighted by Crippen LogP contribution is -2.34. The van der Waals surface area contributed by atoms with Gasteiger partial charge in [-0.1, -0.05) is 13.8 Å². The van der Waals surface area contributed by atoms with Crippen LogP contribution >= 0.6 is 0 Å². The predicted octanol–water partition coefficient (Wildman–Crippen LogP) is 3.00. The fourth-order valence-corrected chi connectivity index (χ4v) is 2.72. The van der Waals surface area contributed by atoms with E-state index in [9.17, 15) is 18.0 Å². The van der Waals surface area contributed by atoms with Crippen molar-refractivity contribution in [2.75, 3.05) is 0 Å². The second-order valence-corrected chi connectivity index (χ2v) is 5.99. The minimum atomic E-state index is -4.62. The van der Waals surface area contributed by atoms with Crippen LogP contribution in [0.3, 0.4) is 0 Å². The van der Waals surface area contributed by atoms with Gasteiger partial charge < -0.3 is 5.32 Å². The van der Waals surface area contributed by atoms with Gasteiger partial charge in [0.25, 0.3) is 11.6 Å². The summed E-state index contributed by atoms with van der Waals surface area (Å²) in [6, 6.07) is 0.139. The zero-order valence-corrected chi connectivity index (χ0v) is 14.7. The monoisotopic (exact) mass is 357 g/mol. The second-order valence-electron chi connectivity index (χ2n) is 5.99. The van der Waals surface area contributed by atoms with Gasteiger partial charge in [0.05, 0.1) is 0 Å². The Bertz CT molecular complexity index is 765. The van der Waals surface area contributed by atoms with E-state index in [1.807, 2.05) is 13.8 Å². The third-order valence-corrected chi connectivity index (χ3v) is 4.26. The molecule has 0 spiro atoms. The molecule has 9 heteroatoms. The first-order valence-electron chi connectivity index (χ1n) is 8.26. The molecule has 0 saturated heterocycles. The van der Waals surface area contributed by atoms with Gasteiger partial charge in [-0.05, 0) is 38.7 Å². The molecule has 0 aliphatic rings. The maximum atomic E-state index is 12.8. The Labute approximate surface area is 143 Å². The minimum absolute atomic E-state index is 0.0813. The number of amides is 1. The zero-order chi connectivity index (χ0) is 18.8. The molecule has 0 aliphatic heterocycles. The number of fused-ring (bicyclic) bond motifs is 1. The van der Waals surface area contributed by atoms with Crippen LogP contribution in [0.4, 0.5) is 13.2 Å². The van der Waals surface area contributed by atoms with E-state index in [1.54, 1.807) is 13.8 Å². The largest absolute Gasteiger partial charge is 0.453 e. The highest BCUT2D eigenvalue weighted by molar-refractivity contribution is 5.76. The van der Waals surface area contributed by atoms with E-state index >= 15 is 0 Å². The Kier molecular flexibility index (Phi) is 5.64. The van der Waals surface area contributed by atoms with Gasteiger partial charge in [0, 0.05) is 23.9 Å². The van der Waals surface area contributed by atoms with Crippen LogP contribution in [0.25, 0.3) is 5.78 Å². The number of carbonyl (C=O) groups is 1. The number of alkyl halides is 3. The molecule has 2 rings (SSSR count). The van der Waals surface area contributed by atoms with Gasteiger partial charge in [-0.2, -0.15) is 18.2 Å². The van der Waals surface area contributed by atoms with E-state index in [0.717, 1.165) is 17.4 Å². The Morgan fingerprint density at radius 3 is 2.40 bits per heavy atom. The molecule has 25 heavy (non-hydrogen) atoms. The lowest BCUT2D eigenvalue weighted by Gasteiger charge is -2.15. The Hall–Kier alpha value is -2.19. The molecule has 2 aromatic heterocycles. The van der Waals surface area contributed by atoms with Crippen LogP contribution in [-0.2, 0) is 17.4 Å². The number of aromatic nitrogens is 4. The summed E-state index contributed by atoms with van der Waals surface area (Å²) < 4.78 is 39.4. The maximum absolute atomic E-state index is 12.8. The molecule has 6 nitrogen and oxygen atoms in total. The minimum Gasteiger partial charge on any atom is -0.353 e. The van der Waals surface area contributed by atoms with Crippen LogP contribution in [-0.4, -0.2) is 31.5 Å². The van der Waals surface area contributed by atoms with Crippen molar-refractivity contribution >= 4 is 11.7 Å². The van der Waals surface area contributed by atoms with Crippen molar-refractivity contribution in [1.82, 2.24) is 24.9 Å². The van der Waals surface area contributed by atoms with E-state index < -0.39 is 12.0 Å². The van der Waals surface area contributed by atoms with Gasteiger partial charge in [-0.25, -0.2) is 9.50 Å². The van der Waals surface area contributed by atoms with Crippen LogP contribution < -0.4 is 5.32 Å². The molecule has 2 heterocycles. The third-order valence-electron chi connectivity index (χ3n) is 4.26. The van der Waals surface area contributed by atoms with E-state index in [2.05, 4.69) is 20.4 Å². The summed E-state index contributed by atoms with van der Waals surface area (Å²) in [7, 11) is 0. The SMILES string of the molecule is CCC(CC)NC(=O)CCc1c(C)nc2nc(C(F)(F)F)nn2c1C. The van der Waals surface area contributed by atoms with Crippen molar-refractivity contribution in [2.24, 2.45) is 0 Å². The molecule has 0 atom stereocenters. The number of halogens is 3. The first kappa shape index (κ1) is 19.1. The molecule has 1 amide bonds. The molecule has 1 N–H and O–H groups in total. The lowest BCUT2D eigenvalue weighted by molar-refractivity contribution is -0.144.